The topological polar surface area (TPSA) is 59.1 Å². The normalized spacial score (nSPS) is 11.5. The minimum Gasteiger partial charge on any atom is -0.260 e. The van der Waals surface area contributed by atoms with E-state index in [-0.39, 0.29) is 5.75 Å². The van der Waals surface area contributed by atoms with Crippen LogP contribution in [-0.2, 0) is 15.8 Å². The van der Waals surface area contributed by atoms with Crippen LogP contribution in [0.15, 0.2) is 24.4 Å². The van der Waals surface area contributed by atoms with Crippen molar-refractivity contribution in [2.24, 2.45) is 0 Å². The van der Waals surface area contributed by atoms with Gasteiger partial charge in [0.2, 0.25) is 10.0 Å². The fraction of sp³-hybridized carbons (Fsp3) is 0.375. The lowest BCUT2D eigenvalue weighted by Crippen LogP contribution is -2.24. The maximum atomic E-state index is 11.2. The molecule has 0 saturated heterocycles. The van der Waals surface area contributed by atoms with Gasteiger partial charge in [0.15, 0.2) is 0 Å². The van der Waals surface area contributed by atoms with E-state index in [1.54, 1.807) is 31.3 Å². The van der Waals surface area contributed by atoms with Crippen LogP contribution in [0.5, 0.6) is 0 Å². The fourth-order valence-corrected chi connectivity index (χ4v) is 2.05. The van der Waals surface area contributed by atoms with Gasteiger partial charge >= 0.3 is 0 Å². The molecule has 0 aliphatic carbocycles. The maximum Gasteiger partial charge on any atom is 0.217 e. The highest BCUT2D eigenvalue weighted by Crippen LogP contribution is 1.99. The number of sulfonamides is 1. The van der Waals surface area contributed by atoms with E-state index in [1.807, 2.05) is 0 Å². The summed E-state index contributed by atoms with van der Waals surface area (Å²) in [5.41, 5.74) is 0.559. The van der Waals surface area contributed by atoms with Crippen LogP contribution in [0.3, 0.4) is 0 Å². The van der Waals surface area contributed by atoms with Crippen molar-refractivity contribution < 1.29 is 8.42 Å². The first-order valence-electron chi connectivity index (χ1n) is 4.01. The van der Waals surface area contributed by atoms with Gasteiger partial charge in [-0.15, -0.1) is 0 Å². The van der Waals surface area contributed by atoms with Gasteiger partial charge in [-0.1, -0.05) is 13.0 Å². The minimum atomic E-state index is -3.20. The summed E-state index contributed by atoms with van der Waals surface area (Å²) < 4.78 is 24.9. The van der Waals surface area contributed by atoms with Gasteiger partial charge in [0.1, 0.15) is 5.75 Å². The predicted octanol–water partition coefficient (Wildman–Crippen LogP) is 0.521. The highest BCUT2D eigenvalue weighted by atomic mass is 32.2. The van der Waals surface area contributed by atoms with Crippen molar-refractivity contribution in [1.29, 1.82) is 0 Å². The third-order valence-corrected chi connectivity index (χ3v) is 2.83. The van der Waals surface area contributed by atoms with Crippen molar-refractivity contribution in [1.82, 2.24) is 9.71 Å². The average Bonchev–Trinajstić information content (AvgIpc) is 2.04. The molecule has 5 heteroatoms. The van der Waals surface area contributed by atoms with Gasteiger partial charge < -0.3 is 0 Å². The SMILES string of the molecule is CCNS(=O)(=O)Cc1ccccn1. The molecule has 1 aromatic rings. The van der Waals surface area contributed by atoms with E-state index in [4.69, 9.17) is 0 Å². The molecule has 4 nitrogen and oxygen atoms in total. The van der Waals surface area contributed by atoms with Crippen LogP contribution >= 0.6 is 0 Å². The lowest BCUT2D eigenvalue weighted by atomic mass is 10.4. The largest absolute Gasteiger partial charge is 0.260 e. The molecule has 1 aromatic heterocycles. The molecule has 0 aliphatic rings. The van der Waals surface area contributed by atoms with E-state index in [2.05, 4.69) is 9.71 Å². The van der Waals surface area contributed by atoms with E-state index >= 15 is 0 Å². The molecule has 0 aromatic carbocycles. The van der Waals surface area contributed by atoms with Crippen molar-refractivity contribution >= 4 is 10.0 Å². The van der Waals surface area contributed by atoms with E-state index in [0.29, 0.717) is 12.2 Å². The Morgan fingerprint density at radius 2 is 2.23 bits per heavy atom. The second-order valence-electron chi connectivity index (χ2n) is 2.58. The number of rotatable bonds is 4. The molecule has 0 unspecified atom stereocenters. The van der Waals surface area contributed by atoms with E-state index in [0.717, 1.165) is 0 Å². The molecule has 0 bridgehead atoms. The number of nitrogens with zero attached hydrogens (tertiary/aromatic N) is 1. The van der Waals surface area contributed by atoms with Crippen LogP contribution in [0.25, 0.3) is 0 Å². The molecule has 13 heavy (non-hydrogen) atoms. The van der Waals surface area contributed by atoms with E-state index < -0.39 is 10.0 Å². The van der Waals surface area contributed by atoms with Gasteiger partial charge in [-0.3, -0.25) is 4.98 Å². The summed E-state index contributed by atoms with van der Waals surface area (Å²) in [6, 6.07) is 5.21. The summed E-state index contributed by atoms with van der Waals surface area (Å²) in [5, 5.41) is 0. The van der Waals surface area contributed by atoms with Crippen LogP contribution in [0.1, 0.15) is 12.6 Å². The maximum absolute atomic E-state index is 11.2. The Labute approximate surface area is 78.1 Å². The fourth-order valence-electron chi connectivity index (χ4n) is 0.949. The standard InChI is InChI=1S/C8H12N2O2S/c1-2-10-13(11,12)7-8-5-3-4-6-9-8/h3-6,10H,2,7H2,1H3. The summed E-state index contributed by atoms with van der Waals surface area (Å²) in [5.74, 6) is -0.0539. The zero-order chi connectivity index (χ0) is 9.73. The first-order valence-corrected chi connectivity index (χ1v) is 5.66. The molecule has 0 saturated carbocycles. The molecule has 0 radical (unpaired) electrons. The minimum absolute atomic E-state index is 0.0539. The molecule has 0 spiro atoms. The lowest BCUT2D eigenvalue weighted by molar-refractivity contribution is 0.582. The Bertz CT molecular complexity index is 348. The van der Waals surface area contributed by atoms with Gasteiger partial charge in [-0.05, 0) is 12.1 Å². The molecule has 1 rings (SSSR count). The van der Waals surface area contributed by atoms with Crippen LogP contribution in [-0.4, -0.2) is 19.9 Å². The second kappa shape index (κ2) is 4.34. The Hall–Kier alpha value is -0.940. The van der Waals surface area contributed by atoms with Crippen molar-refractivity contribution in [2.75, 3.05) is 6.54 Å². The quantitative estimate of drug-likeness (QED) is 0.771. The second-order valence-corrected chi connectivity index (χ2v) is 4.38. The van der Waals surface area contributed by atoms with Crippen molar-refractivity contribution in [3.05, 3.63) is 30.1 Å². The molecule has 0 aliphatic heterocycles. The van der Waals surface area contributed by atoms with Crippen molar-refractivity contribution in [3.8, 4) is 0 Å². The van der Waals surface area contributed by atoms with Crippen molar-refractivity contribution in [2.45, 2.75) is 12.7 Å². The van der Waals surface area contributed by atoms with Gasteiger partial charge in [0, 0.05) is 12.7 Å². The molecular formula is C8H12N2O2S. The molecule has 0 amide bonds. The number of pyridine rings is 1. The summed E-state index contributed by atoms with van der Waals surface area (Å²) in [4.78, 5) is 3.93. The van der Waals surface area contributed by atoms with Crippen LogP contribution in [0.4, 0.5) is 0 Å². The number of hydrogen-bond acceptors (Lipinski definition) is 3. The summed E-state index contributed by atoms with van der Waals surface area (Å²) >= 11 is 0. The van der Waals surface area contributed by atoms with E-state index in [9.17, 15) is 8.42 Å². The molecule has 1 N–H and O–H groups in total. The third-order valence-electron chi connectivity index (χ3n) is 1.43. The van der Waals surface area contributed by atoms with E-state index in [1.165, 1.54) is 0 Å². The van der Waals surface area contributed by atoms with Crippen LogP contribution in [0, 0.1) is 0 Å². The summed E-state index contributed by atoms with van der Waals surface area (Å²) in [6.07, 6.45) is 1.58. The third kappa shape index (κ3) is 3.52. The molecule has 0 atom stereocenters. The zero-order valence-corrected chi connectivity index (χ0v) is 8.21. The van der Waals surface area contributed by atoms with Gasteiger partial charge in [0.25, 0.3) is 0 Å². The Balaban J connectivity index is 2.70. The highest BCUT2D eigenvalue weighted by Gasteiger charge is 2.09. The molecule has 72 valence electrons. The average molecular weight is 200 g/mol. The first kappa shape index (κ1) is 10.1. The predicted molar refractivity (Wildman–Crippen MR) is 50.5 cm³/mol. The van der Waals surface area contributed by atoms with Gasteiger partial charge in [-0.2, -0.15) is 0 Å². The zero-order valence-electron chi connectivity index (χ0n) is 7.40. The number of hydrogen-bond donors (Lipinski definition) is 1. The molecular weight excluding hydrogens is 188 g/mol. The summed E-state index contributed by atoms with van der Waals surface area (Å²) in [7, 11) is -3.20. The first-order chi connectivity index (χ1) is 6.14. The monoisotopic (exact) mass is 200 g/mol. The van der Waals surface area contributed by atoms with Crippen LogP contribution < -0.4 is 4.72 Å². The number of aromatic nitrogens is 1. The van der Waals surface area contributed by atoms with Gasteiger partial charge in [-0.25, -0.2) is 13.1 Å². The number of nitrogens with one attached hydrogen (secondary N) is 1. The molecule has 1 heterocycles. The molecule has 0 fully saturated rings. The lowest BCUT2D eigenvalue weighted by Gasteiger charge is -2.02. The highest BCUT2D eigenvalue weighted by molar-refractivity contribution is 7.88. The Morgan fingerprint density at radius 3 is 2.77 bits per heavy atom. The van der Waals surface area contributed by atoms with Crippen LogP contribution in [0.2, 0.25) is 0 Å². The smallest absolute Gasteiger partial charge is 0.217 e. The van der Waals surface area contributed by atoms with Gasteiger partial charge in [0.05, 0.1) is 5.69 Å². The summed E-state index contributed by atoms with van der Waals surface area (Å²) in [6.45, 7) is 2.16. The Morgan fingerprint density at radius 1 is 1.46 bits per heavy atom. The van der Waals surface area contributed by atoms with Crippen molar-refractivity contribution in [3.63, 3.8) is 0 Å². The Kier molecular flexibility index (Phi) is 3.39.